The maximum Gasteiger partial charge on any atom is 0.255 e. The van der Waals surface area contributed by atoms with Crippen molar-refractivity contribution >= 4 is 22.7 Å². The van der Waals surface area contributed by atoms with E-state index in [4.69, 9.17) is 13.9 Å². The molecule has 0 aliphatic carbocycles. The number of phenols is 1. The molecule has 0 aliphatic rings. The average molecular weight is 418 g/mol. The molecule has 4 aromatic rings. The second-order valence-electron chi connectivity index (χ2n) is 6.93. The Labute approximate surface area is 179 Å². The van der Waals surface area contributed by atoms with Crippen LogP contribution in [0.15, 0.2) is 59.0 Å². The Kier molecular flexibility index (Phi) is 5.49. The third kappa shape index (κ3) is 4.02. The van der Waals surface area contributed by atoms with Gasteiger partial charge in [0.15, 0.2) is 17.1 Å². The second-order valence-corrected chi connectivity index (χ2v) is 6.93. The zero-order valence-corrected chi connectivity index (χ0v) is 17.4. The average Bonchev–Trinajstić information content (AvgIpc) is 3.22. The lowest BCUT2D eigenvalue weighted by Gasteiger charge is -2.11. The normalized spacial score (nSPS) is 10.8. The van der Waals surface area contributed by atoms with Gasteiger partial charge in [-0.3, -0.25) is 4.79 Å². The number of oxazole rings is 1. The number of ether oxygens (including phenoxy) is 2. The molecule has 4 rings (SSSR count). The van der Waals surface area contributed by atoms with Gasteiger partial charge in [-0.1, -0.05) is 13.0 Å². The van der Waals surface area contributed by atoms with Crippen LogP contribution in [0.25, 0.3) is 22.6 Å². The zero-order chi connectivity index (χ0) is 22.0. The number of nitrogens with one attached hydrogen (secondary N) is 1. The van der Waals surface area contributed by atoms with Crippen LogP contribution < -0.4 is 14.8 Å². The number of carbonyl (C=O) groups excluding carboxylic acids is 1. The minimum absolute atomic E-state index is 0.00591. The summed E-state index contributed by atoms with van der Waals surface area (Å²) in [5, 5.41) is 13.2. The van der Waals surface area contributed by atoms with E-state index in [9.17, 15) is 9.90 Å². The Bertz CT molecular complexity index is 1260. The lowest BCUT2D eigenvalue weighted by Crippen LogP contribution is -2.12. The number of aryl methyl sites for hydroxylation is 1. The topological polar surface area (TPSA) is 93.8 Å². The fraction of sp³-hybridized carbons (Fsp3) is 0.167. The van der Waals surface area contributed by atoms with Gasteiger partial charge in [0.2, 0.25) is 5.89 Å². The maximum absolute atomic E-state index is 12.7. The van der Waals surface area contributed by atoms with E-state index in [1.807, 2.05) is 18.2 Å². The van der Waals surface area contributed by atoms with Gasteiger partial charge in [-0.2, -0.15) is 0 Å². The largest absolute Gasteiger partial charge is 0.507 e. The molecule has 0 aliphatic heterocycles. The van der Waals surface area contributed by atoms with Crippen LogP contribution in [-0.4, -0.2) is 30.2 Å². The fourth-order valence-electron chi connectivity index (χ4n) is 3.27. The number of phenolic OH excluding ortho intramolecular Hbond substituents is 1. The number of fused-ring (bicyclic) bond motifs is 1. The fourth-order valence-corrected chi connectivity index (χ4v) is 3.27. The number of rotatable bonds is 6. The minimum atomic E-state index is -0.331. The first-order chi connectivity index (χ1) is 15.0. The van der Waals surface area contributed by atoms with Crippen LogP contribution in [0.4, 0.5) is 5.69 Å². The second kappa shape index (κ2) is 8.39. The molecule has 158 valence electrons. The lowest BCUT2D eigenvalue weighted by atomic mass is 10.1. The van der Waals surface area contributed by atoms with Crippen molar-refractivity contribution in [3.8, 4) is 28.7 Å². The Morgan fingerprint density at radius 3 is 2.58 bits per heavy atom. The summed E-state index contributed by atoms with van der Waals surface area (Å²) in [5.41, 5.74) is 3.78. The number of hydrogen-bond acceptors (Lipinski definition) is 6. The number of hydrogen-bond donors (Lipinski definition) is 2. The molecular weight excluding hydrogens is 396 g/mol. The van der Waals surface area contributed by atoms with Crippen molar-refractivity contribution in [2.45, 2.75) is 13.3 Å². The van der Waals surface area contributed by atoms with E-state index in [2.05, 4.69) is 17.2 Å². The summed E-state index contributed by atoms with van der Waals surface area (Å²) in [6, 6.07) is 15.4. The highest BCUT2D eigenvalue weighted by molar-refractivity contribution is 6.05. The van der Waals surface area contributed by atoms with Crippen LogP contribution >= 0.6 is 0 Å². The number of anilines is 1. The number of aromatic nitrogens is 1. The molecule has 0 atom stereocenters. The Balaban J connectivity index is 1.63. The van der Waals surface area contributed by atoms with Gasteiger partial charge in [0.1, 0.15) is 11.3 Å². The van der Waals surface area contributed by atoms with E-state index in [1.165, 1.54) is 20.3 Å². The maximum atomic E-state index is 12.7. The summed E-state index contributed by atoms with van der Waals surface area (Å²) < 4.78 is 16.3. The first kappa shape index (κ1) is 20.3. The molecule has 7 heteroatoms. The highest BCUT2D eigenvalue weighted by Crippen LogP contribution is 2.34. The molecule has 1 amide bonds. The molecule has 0 spiro atoms. The van der Waals surface area contributed by atoms with Crippen LogP contribution in [-0.2, 0) is 6.42 Å². The highest BCUT2D eigenvalue weighted by atomic mass is 16.5. The standard InChI is InChI=1S/C24H22N2O5/c1-4-14-5-9-20-18(11-14)26-24(31-20)17-13-16(7-8-19(17)27)25-23(28)15-6-10-21(29-2)22(12-15)30-3/h5-13,27H,4H2,1-3H3,(H,25,28). The van der Waals surface area contributed by atoms with Crippen LogP contribution in [0, 0.1) is 0 Å². The van der Waals surface area contributed by atoms with Crippen LogP contribution in [0.3, 0.4) is 0 Å². The zero-order valence-electron chi connectivity index (χ0n) is 17.4. The number of carbonyl (C=O) groups is 1. The van der Waals surface area contributed by atoms with E-state index < -0.39 is 0 Å². The van der Waals surface area contributed by atoms with E-state index in [-0.39, 0.29) is 17.5 Å². The summed E-state index contributed by atoms with van der Waals surface area (Å²) in [5.74, 6) is 0.949. The van der Waals surface area contributed by atoms with Crippen molar-refractivity contribution < 1.29 is 23.8 Å². The molecule has 0 unspecified atom stereocenters. The monoisotopic (exact) mass is 418 g/mol. The van der Waals surface area contributed by atoms with Gasteiger partial charge in [-0.15, -0.1) is 0 Å². The first-order valence-electron chi connectivity index (χ1n) is 9.78. The van der Waals surface area contributed by atoms with Gasteiger partial charge in [0, 0.05) is 11.3 Å². The van der Waals surface area contributed by atoms with Crippen molar-refractivity contribution in [3.05, 3.63) is 65.7 Å². The molecule has 3 aromatic carbocycles. The smallest absolute Gasteiger partial charge is 0.255 e. The van der Waals surface area contributed by atoms with Crippen molar-refractivity contribution in [1.29, 1.82) is 0 Å². The number of benzene rings is 3. The van der Waals surface area contributed by atoms with Gasteiger partial charge >= 0.3 is 0 Å². The molecule has 31 heavy (non-hydrogen) atoms. The molecule has 2 N–H and O–H groups in total. The third-order valence-electron chi connectivity index (χ3n) is 4.99. The van der Waals surface area contributed by atoms with Gasteiger partial charge in [-0.25, -0.2) is 4.98 Å². The van der Waals surface area contributed by atoms with Crippen molar-refractivity contribution in [2.24, 2.45) is 0 Å². The molecule has 1 heterocycles. The van der Waals surface area contributed by atoms with Crippen LogP contribution in [0.2, 0.25) is 0 Å². The molecule has 0 saturated heterocycles. The quantitative estimate of drug-likeness (QED) is 0.427. The number of aromatic hydroxyl groups is 1. The molecule has 0 saturated carbocycles. The van der Waals surface area contributed by atoms with Crippen LogP contribution in [0.1, 0.15) is 22.8 Å². The van der Waals surface area contributed by atoms with Crippen LogP contribution in [0.5, 0.6) is 17.2 Å². The van der Waals surface area contributed by atoms with Gasteiger partial charge < -0.3 is 24.3 Å². The Morgan fingerprint density at radius 1 is 1.03 bits per heavy atom. The van der Waals surface area contributed by atoms with E-state index in [0.29, 0.717) is 39.4 Å². The summed E-state index contributed by atoms with van der Waals surface area (Å²) in [6.45, 7) is 2.07. The third-order valence-corrected chi connectivity index (χ3v) is 4.99. The molecule has 0 fully saturated rings. The van der Waals surface area contributed by atoms with E-state index in [1.54, 1.807) is 30.3 Å². The molecular formula is C24H22N2O5. The predicted molar refractivity (Wildman–Crippen MR) is 118 cm³/mol. The minimum Gasteiger partial charge on any atom is -0.507 e. The van der Waals surface area contributed by atoms with Crippen molar-refractivity contribution in [1.82, 2.24) is 4.98 Å². The van der Waals surface area contributed by atoms with Crippen molar-refractivity contribution in [2.75, 3.05) is 19.5 Å². The van der Waals surface area contributed by atoms with E-state index in [0.717, 1.165) is 12.0 Å². The number of nitrogens with zero attached hydrogens (tertiary/aromatic N) is 1. The SMILES string of the molecule is CCc1ccc2oc(-c3cc(NC(=O)c4ccc(OC)c(OC)c4)ccc3O)nc2c1. The number of amides is 1. The summed E-state index contributed by atoms with van der Waals surface area (Å²) in [7, 11) is 3.04. The Morgan fingerprint density at radius 2 is 1.84 bits per heavy atom. The molecule has 7 nitrogen and oxygen atoms in total. The van der Waals surface area contributed by atoms with Gasteiger partial charge in [-0.05, 0) is 60.5 Å². The highest BCUT2D eigenvalue weighted by Gasteiger charge is 2.16. The van der Waals surface area contributed by atoms with E-state index >= 15 is 0 Å². The molecule has 1 aromatic heterocycles. The van der Waals surface area contributed by atoms with Gasteiger partial charge in [0.05, 0.1) is 19.8 Å². The summed E-state index contributed by atoms with van der Waals surface area (Å²) >= 11 is 0. The first-order valence-corrected chi connectivity index (χ1v) is 9.78. The Hall–Kier alpha value is -4.00. The summed E-state index contributed by atoms with van der Waals surface area (Å²) in [6.07, 6.45) is 0.890. The van der Waals surface area contributed by atoms with Gasteiger partial charge in [0.25, 0.3) is 5.91 Å². The van der Waals surface area contributed by atoms with Crippen molar-refractivity contribution in [3.63, 3.8) is 0 Å². The molecule has 0 radical (unpaired) electrons. The number of methoxy groups -OCH3 is 2. The molecule has 0 bridgehead atoms. The predicted octanol–water partition coefficient (Wildman–Crippen LogP) is 5.03. The lowest BCUT2D eigenvalue weighted by molar-refractivity contribution is 0.102. The summed E-state index contributed by atoms with van der Waals surface area (Å²) in [4.78, 5) is 17.2.